The molecule has 0 spiro atoms. The number of hydrogen-bond donors (Lipinski definition) is 1. The molecule has 0 saturated carbocycles. The minimum absolute atomic E-state index is 0. The predicted molar refractivity (Wildman–Crippen MR) is 64.4 cm³/mol. The molecule has 0 aliphatic rings. The molecule has 0 amide bonds. The zero-order valence-electron chi connectivity index (χ0n) is 12.2. The van der Waals surface area contributed by atoms with Crippen LogP contribution in [-0.4, -0.2) is 24.9 Å². The van der Waals surface area contributed by atoms with Gasteiger partial charge in [-0.3, -0.25) is 0 Å². The van der Waals surface area contributed by atoms with Gasteiger partial charge in [-0.15, -0.1) is 18.3 Å². The van der Waals surface area contributed by atoms with E-state index in [9.17, 15) is 15.3 Å². The molecule has 0 aliphatic heterocycles. The molecule has 0 unspecified atom stereocenters. The van der Waals surface area contributed by atoms with Gasteiger partial charge in [0.1, 0.15) is 0 Å². The van der Waals surface area contributed by atoms with E-state index in [-0.39, 0.29) is 21.7 Å². The largest absolute Gasteiger partial charge is 4.00 e. The van der Waals surface area contributed by atoms with Crippen LogP contribution in [0.5, 0.6) is 0 Å². The molecular formula is C12H29NO3Ti. The van der Waals surface area contributed by atoms with E-state index in [1.54, 1.807) is 41.5 Å². The quantitative estimate of drug-likeness (QED) is 0.515. The van der Waals surface area contributed by atoms with E-state index in [1.807, 2.05) is 0 Å². The Morgan fingerprint density at radius 2 is 0.882 bits per heavy atom. The van der Waals surface area contributed by atoms with Crippen LogP contribution in [-0.2, 0) is 21.7 Å². The Balaban J connectivity index is -0.0000000369. The molecule has 0 saturated heterocycles. The van der Waals surface area contributed by atoms with Crippen molar-refractivity contribution in [3.63, 3.8) is 0 Å². The molecule has 0 aromatic carbocycles. The summed E-state index contributed by atoms with van der Waals surface area (Å²) in [4.78, 5) is 0. The standard InChI is InChI=1S/C3H8N.3C3H7O.Ti/c1-2-3-4;3*1-3(2)4;/h1-4H2;3*3H,1-2H3;/q4*-1;+4. The van der Waals surface area contributed by atoms with Gasteiger partial charge in [-0.25, -0.2) is 0 Å². The van der Waals surface area contributed by atoms with Gasteiger partial charge in [0.15, 0.2) is 0 Å². The zero-order chi connectivity index (χ0) is 14.1. The second kappa shape index (κ2) is 30.0. The molecule has 0 aromatic heterocycles. The van der Waals surface area contributed by atoms with Crippen molar-refractivity contribution in [2.45, 2.75) is 66.3 Å². The fourth-order valence-corrected chi connectivity index (χ4v) is 0. The molecular weight excluding hydrogens is 254 g/mol. The Morgan fingerprint density at radius 3 is 0.882 bits per heavy atom. The Kier molecular flexibility index (Phi) is 53.9. The maximum absolute atomic E-state index is 9.53. The smallest absolute Gasteiger partial charge is 0.852 e. The van der Waals surface area contributed by atoms with Gasteiger partial charge in [0.2, 0.25) is 0 Å². The van der Waals surface area contributed by atoms with Gasteiger partial charge in [-0.05, 0) is 6.54 Å². The molecule has 0 aromatic rings. The van der Waals surface area contributed by atoms with Crippen LogP contribution in [0.25, 0.3) is 0 Å². The van der Waals surface area contributed by atoms with Crippen LogP contribution in [0, 0.1) is 6.92 Å². The van der Waals surface area contributed by atoms with Crippen LogP contribution in [0.4, 0.5) is 0 Å². The molecule has 17 heavy (non-hydrogen) atoms. The third kappa shape index (κ3) is 1450. The molecule has 5 heteroatoms. The Bertz CT molecular complexity index is 67.3. The van der Waals surface area contributed by atoms with Crippen molar-refractivity contribution in [2.24, 2.45) is 5.73 Å². The van der Waals surface area contributed by atoms with Crippen molar-refractivity contribution in [3.05, 3.63) is 6.92 Å². The van der Waals surface area contributed by atoms with Gasteiger partial charge in [-0.1, -0.05) is 41.5 Å². The monoisotopic (exact) mass is 283 g/mol. The SMILES string of the molecule is CC(C)[O-].CC(C)[O-].CC(C)[O-].[CH2-]CCN.[Ti+4]. The molecule has 0 radical (unpaired) electrons. The first-order chi connectivity index (χ1) is 7.11. The molecule has 0 rings (SSSR count). The summed E-state index contributed by atoms with van der Waals surface area (Å²) in [5.74, 6) is 0. The van der Waals surface area contributed by atoms with E-state index in [4.69, 9.17) is 5.73 Å². The maximum Gasteiger partial charge on any atom is 4.00 e. The third-order valence-electron chi connectivity index (χ3n) is 0.204. The first kappa shape index (κ1) is 30.5. The summed E-state index contributed by atoms with van der Waals surface area (Å²) in [5, 5.41) is 28.6. The molecule has 0 heterocycles. The van der Waals surface area contributed by atoms with Gasteiger partial charge in [0.05, 0.1) is 0 Å². The molecule has 0 atom stereocenters. The van der Waals surface area contributed by atoms with Crippen LogP contribution in [0.1, 0.15) is 48.0 Å². The Labute approximate surface area is 122 Å². The fraction of sp³-hybridized carbons (Fsp3) is 0.917. The average Bonchev–Trinajstić information content (AvgIpc) is 2.00. The summed E-state index contributed by atoms with van der Waals surface area (Å²) in [7, 11) is 0. The van der Waals surface area contributed by atoms with E-state index >= 15 is 0 Å². The summed E-state index contributed by atoms with van der Waals surface area (Å²) >= 11 is 0. The fourth-order valence-electron chi connectivity index (χ4n) is 0. The van der Waals surface area contributed by atoms with Crippen molar-refractivity contribution in [1.82, 2.24) is 0 Å². The molecule has 2 N–H and O–H groups in total. The second-order valence-corrected chi connectivity index (χ2v) is 3.79. The first-order valence-electron chi connectivity index (χ1n) is 5.58. The van der Waals surface area contributed by atoms with Gasteiger partial charge < -0.3 is 28.0 Å². The normalized spacial score (nSPS) is 8.12. The van der Waals surface area contributed by atoms with E-state index in [2.05, 4.69) is 6.92 Å². The van der Waals surface area contributed by atoms with Crippen molar-refractivity contribution in [2.75, 3.05) is 6.54 Å². The van der Waals surface area contributed by atoms with Crippen molar-refractivity contribution >= 4 is 0 Å². The number of hydrogen-bond acceptors (Lipinski definition) is 4. The number of nitrogens with two attached hydrogens (primary N) is 1. The molecule has 0 fully saturated rings. The molecule has 0 bridgehead atoms. The van der Waals surface area contributed by atoms with E-state index in [0.717, 1.165) is 6.42 Å². The topological polar surface area (TPSA) is 95.2 Å². The second-order valence-electron chi connectivity index (χ2n) is 3.79. The average molecular weight is 283 g/mol. The summed E-state index contributed by atoms with van der Waals surface area (Å²) in [6, 6.07) is 0. The van der Waals surface area contributed by atoms with Crippen LogP contribution < -0.4 is 21.1 Å². The maximum atomic E-state index is 9.53. The first-order valence-corrected chi connectivity index (χ1v) is 5.58. The van der Waals surface area contributed by atoms with E-state index in [0.29, 0.717) is 6.54 Å². The Hall–Kier alpha value is 0.554. The summed E-state index contributed by atoms with van der Waals surface area (Å²) in [6.07, 6.45) is -0.403. The third-order valence-corrected chi connectivity index (χ3v) is 0.204. The van der Waals surface area contributed by atoms with Crippen molar-refractivity contribution < 1.29 is 37.0 Å². The minimum atomic E-state index is -0.417. The predicted octanol–water partition coefficient (Wildman–Crippen LogP) is -0.568. The van der Waals surface area contributed by atoms with Crippen molar-refractivity contribution in [3.8, 4) is 0 Å². The number of rotatable bonds is 1. The summed E-state index contributed by atoms with van der Waals surface area (Å²) in [5.41, 5.74) is 4.97. The van der Waals surface area contributed by atoms with Gasteiger partial charge >= 0.3 is 21.7 Å². The summed E-state index contributed by atoms with van der Waals surface area (Å²) < 4.78 is 0. The van der Waals surface area contributed by atoms with Gasteiger partial charge in [0, 0.05) is 0 Å². The van der Waals surface area contributed by atoms with Crippen molar-refractivity contribution in [1.29, 1.82) is 0 Å². The zero-order valence-corrected chi connectivity index (χ0v) is 13.7. The van der Waals surface area contributed by atoms with Crippen LogP contribution in [0.2, 0.25) is 0 Å². The molecule has 4 nitrogen and oxygen atoms in total. The van der Waals surface area contributed by atoms with Crippen LogP contribution >= 0.6 is 0 Å². The minimum Gasteiger partial charge on any atom is -0.852 e. The van der Waals surface area contributed by atoms with Gasteiger partial charge in [-0.2, -0.15) is 6.42 Å². The van der Waals surface area contributed by atoms with E-state index in [1.165, 1.54) is 0 Å². The Morgan fingerprint density at radius 1 is 0.824 bits per heavy atom. The summed E-state index contributed by atoms with van der Waals surface area (Å²) in [6.45, 7) is 13.9. The van der Waals surface area contributed by atoms with Crippen LogP contribution in [0.3, 0.4) is 0 Å². The van der Waals surface area contributed by atoms with Crippen LogP contribution in [0.15, 0.2) is 0 Å². The molecule has 104 valence electrons. The van der Waals surface area contributed by atoms with E-state index < -0.39 is 18.3 Å². The molecule has 0 aliphatic carbocycles. The van der Waals surface area contributed by atoms with Gasteiger partial charge in [0.25, 0.3) is 0 Å².